The van der Waals surface area contributed by atoms with Crippen LogP contribution < -0.4 is 15.4 Å². The van der Waals surface area contributed by atoms with Crippen LogP contribution in [0.1, 0.15) is 44.7 Å². The van der Waals surface area contributed by atoms with Gasteiger partial charge in [0.2, 0.25) is 11.8 Å². The van der Waals surface area contributed by atoms with Crippen LogP contribution in [-0.2, 0) is 27.4 Å². The van der Waals surface area contributed by atoms with Crippen molar-refractivity contribution in [2.24, 2.45) is 5.92 Å². The molecule has 0 aliphatic rings. The molecule has 0 radical (unpaired) electrons. The molecule has 0 fully saturated rings. The van der Waals surface area contributed by atoms with E-state index in [0.29, 0.717) is 32.0 Å². The SMILES string of the molecule is CCC(COC)NC(=O)[C@H](Cc1ccc(OCc2ccccc2)cc1)NC(=O)[C@@H](CC(C)C)N(C)C. The Labute approximate surface area is 216 Å². The van der Waals surface area contributed by atoms with E-state index in [-0.39, 0.29) is 23.9 Å². The van der Waals surface area contributed by atoms with Crippen LogP contribution in [-0.4, -0.2) is 62.7 Å². The molecule has 3 atom stereocenters. The quantitative estimate of drug-likeness (QED) is 0.391. The molecule has 0 saturated carbocycles. The van der Waals surface area contributed by atoms with Crippen LogP contribution in [0.5, 0.6) is 5.75 Å². The summed E-state index contributed by atoms with van der Waals surface area (Å²) in [5.41, 5.74) is 2.03. The summed E-state index contributed by atoms with van der Waals surface area (Å²) in [4.78, 5) is 28.4. The number of rotatable bonds is 15. The number of nitrogens with zero attached hydrogens (tertiary/aromatic N) is 1. The van der Waals surface area contributed by atoms with Crippen molar-refractivity contribution in [1.29, 1.82) is 0 Å². The van der Waals surface area contributed by atoms with Gasteiger partial charge in [-0.1, -0.05) is 63.2 Å². The molecule has 198 valence electrons. The number of nitrogens with one attached hydrogen (secondary N) is 2. The van der Waals surface area contributed by atoms with E-state index in [1.54, 1.807) is 7.11 Å². The predicted molar refractivity (Wildman–Crippen MR) is 144 cm³/mol. The Morgan fingerprint density at radius 1 is 0.917 bits per heavy atom. The maximum Gasteiger partial charge on any atom is 0.243 e. The zero-order chi connectivity index (χ0) is 26.5. The standard InChI is InChI=1S/C29H43N3O4/c1-7-24(20-35-6)30-28(33)26(31-29(34)27(32(4)5)17-21(2)3)18-22-13-15-25(16-14-22)36-19-23-11-9-8-10-12-23/h8-16,21,24,26-27H,7,17-20H2,1-6H3,(H,30,33)(H,31,34)/t24?,26-,27+/m0/s1. The molecule has 7 heteroatoms. The average Bonchev–Trinajstić information content (AvgIpc) is 2.86. The van der Waals surface area contributed by atoms with Crippen molar-refractivity contribution in [3.8, 4) is 5.75 Å². The molecule has 2 rings (SSSR count). The van der Waals surface area contributed by atoms with Crippen LogP contribution in [0, 0.1) is 5.92 Å². The van der Waals surface area contributed by atoms with Crippen LogP contribution in [0.25, 0.3) is 0 Å². The Hall–Kier alpha value is -2.90. The number of hydrogen-bond acceptors (Lipinski definition) is 5. The smallest absolute Gasteiger partial charge is 0.243 e. The lowest BCUT2D eigenvalue weighted by Gasteiger charge is -2.28. The normalized spacial score (nSPS) is 13.8. The number of ether oxygens (including phenoxy) is 2. The van der Waals surface area contributed by atoms with Gasteiger partial charge in [-0.2, -0.15) is 0 Å². The number of amides is 2. The zero-order valence-corrected chi connectivity index (χ0v) is 22.6. The minimum atomic E-state index is -0.700. The van der Waals surface area contributed by atoms with Crippen molar-refractivity contribution in [3.05, 3.63) is 65.7 Å². The van der Waals surface area contributed by atoms with E-state index in [4.69, 9.17) is 9.47 Å². The fourth-order valence-electron chi connectivity index (χ4n) is 3.94. The number of methoxy groups -OCH3 is 1. The molecule has 2 aromatic rings. The van der Waals surface area contributed by atoms with Crippen molar-refractivity contribution in [3.63, 3.8) is 0 Å². The summed E-state index contributed by atoms with van der Waals surface area (Å²) >= 11 is 0. The first-order valence-electron chi connectivity index (χ1n) is 12.7. The fourth-order valence-corrected chi connectivity index (χ4v) is 3.94. The second-order valence-electron chi connectivity index (χ2n) is 9.86. The maximum atomic E-state index is 13.2. The van der Waals surface area contributed by atoms with Crippen LogP contribution in [0.15, 0.2) is 54.6 Å². The molecule has 0 saturated heterocycles. The molecule has 0 aromatic heterocycles. The van der Waals surface area contributed by atoms with Gasteiger partial charge in [0, 0.05) is 13.5 Å². The van der Waals surface area contributed by atoms with E-state index in [1.165, 1.54) is 0 Å². The van der Waals surface area contributed by atoms with Gasteiger partial charge in [0.05, 0.1) is 18.7 Å². The molecule has 2 aromatic carbocycles. The summed E-state index contributed by atoms with van der Waals surface area (Å²) in [6.07, 6.45) is 1.82. The predicted octanol–water partition coefficient (Wildman–Crippen LogP) is 3.81. The number of benzene rings is 2. The summed E-state index contributed by atoms with van der Waals surface area (Å²) in [6.45, 7) is 7.08. The molecule has 0 heterocycles. The molecule has 1 unspecified atom stereocenters. The van der Waals surface area contributed by atoms with Crippen molar-refractivity contribution in [1.82, 2.24) is 15.5 Å². The van der Waals surface area contributed by atoms with Crippen molar-refractivity contribution < 1.29 is 19.1 Å². The van der Waals surface area contributed by atoms with Gasteiger partial charge < -0.3 is 20.1 Å². The molecule has 0 aliphatic heterocycles. The zero-order valence-electron chi connectivity index (χ0n) is 22.6. The van der Waals surface area contributed by atoms with Gasteiger partial charge in [-0.05, 0) is 56.1 Å². The minimum Gasteiger partial charge on any atom is -0.489 e. The highest BCUT2D eigenvalue weighted by Gasteiger charge is 2.28. The Morgan fingerprint density at radius 3 is 2.14 bits per heavy atom. The first-order chi connectivity index (χ1) is 17.2. The van der Waals surface area contributed by atoms with Gasteiger partial charge in [0.25, 0.3) is 0 Å². The van der Waals surface area contributed by atoms with Crippen LogP contribution in [0.2, 0.25) is 0 Å². The van der Waals surface area contributed by atoms with Gasteiger partial charge in [0.15, 0.2) is 0 Å². The second-order valence-corrected chi connectivity index (χ2v) is 9.86. The first-order valence-corrected chi connectivity index (χ1v) is 12.7. The van der Waals surface area contributed by atoms with E-state index in [0.717, 1.165) is 23.3 Å². The molecule has 0 bridgehead atoms. The van der Waals surface area contributed by atoms with E-state index < -0.39 is 6.04 Å². The highest BCUT2D eigenvalue weighted by atomic mass is 16.5. The van der Waals surface area contributed by atoms with E-state index in [9.17, 15) is 9.59 Å². The highest BCUT2D eigenvalue weighted by molar-refractivity contribution is 5.90. The molecular weight excluding hydrogens is 454 g/mol. The summed E-state index contributed by atoms with van der Waals surface area (Å²) in [6, 6.07) is 16.5. The van der Waals surface area contributed by atoms with Crippen molar-refractivity contribution in [2.75, 3.05) is 27.8 Å². The van der Waals surface area contributed by atoms with Gasteiger partial charge in [-0.25, -0.2) is 0 Å². The molecule has 0 aliphatic carbocycles. The van der Waals surface area contributed by atoms with Gasteiger partial charge in [-0.3, -0.25) is 14.5 Å². The van der Waals surface area contributed by atoms with E-state index >= 15 is 0 Å². The third-order valence-electron chi connectivity index (χ3n) is 6.07. The van der Waals surface area contributed by atoms with Crippen molar-refractivity contribution >= 4 is 11.8 Å². The summed E-state index contributed by atoms with van der Waals surface area (Å²) in [5.74, 6) is 0.753. The largest absolute Gasteiger partial charge is 0.489 e. The topological polar surface area (TPSA) is 79.9 Å². The minimum absolute atomic E-state index is 0.115. The molecule has 36 heavy (non-hydrogen) atoms. The third kappa shape index (κ3) is 9.99. The highest BCUT2D eigenvalue weighted by Crippen LogP contribution is 2.16. The summed E-state index contributed by atoms with van der Waals surface area (Å²) < 4.78 is 11.1. The Morgan fingerprint density at radius 2 is 1.58 bits per heavy atom. The number of hydrogen-bond donors (Lipinski definition) is 2. The molecule has 2 N–H and O–H groups in total. The van der Waals surface area contributed by atoms with Crippen LogP contribution >= 0.6 is 0 Å². The van der Waals surface area contributed by atoms with Crippen molar-refractivity contribution in [2.45, 2.75) is 64.8 Å². The van der Waals surface area contributed by atoms with Crippen LogP contribution in [0.3, 0.4) is 0 Å². The lowest BCUT2D eigenvalue weighted by Crippen LogP contribution is -2.55. The Kier molecular flexibility index (Phi) is 12.4. The maximum absolute atomic E-state index is 13.2. The Bertz CT molecular complexity index is 916. The molecule has 2 amide bonds. The van der Waals surface area contributed by atoms with Gasteiger partial charge >= 0.3 is 0 Å². The van der Waals surface area contributed by atoms with E-state index in [2.05, 4.69) is 24.5 Å². The second kappa shape index (κ2) is 15.3. The summed E-state index contributed by atoms with van der Waals surface area (Å²) in [7, 11) is 5.40. The average molecular weight is 498 g/mol. The number of carbonyl (C=O) groups is 2. The molecular formula is C29H43N3O4. The first kappa shape index (κ1) is 29.3. The third-order valence-corrected chi connectivity index (χ3v) is 6.07. The molecule has 0 spiro atoms. The lowest BCUT2D eigenvalue weighted by atomic mass is 10.00. The number of likely N-dealkylation sites (N-methyl/N-ethyl adjacent to an activating group) is 1. The van der Waals surface area contributed by atoms with Gasteiger partial charge in [0.1, 0.15) is 18.4 Å². The van der Waals surface area contributed by atoms with E-state index in [1.807, 2.05) is 80.5 Å². The lowest BCUT2D eigenvalue weighted by molar-refractivity contribution is -0.132. The monoisotopic (exact) mass is 497 g/mol. The van der Waals surface area contributed by atoms with Gasteiger partial charge in [-0.15, -0.1) is 0 Å². The number of carbonyl (C=O) groups excluding carboxylic acids is 2. The summed E-state index contributed by atoms with van der Waals surface area (Å²) in [5, 5.41) is 6.06. The van der Waals surface area contributed by atoms with Crippen LogP contribution in [0.4, 0.5) is 0 Å². The molecule has 7 nitrogen and oxygen atoms in total. The Balaban J connectivity index is 2.13. The fraction of sp³-hybridized carbons (Fsp3) is 0.517.